The van der Waals surface area contributed by atoms with E-state index in [4.69, 9.17) is 10.00 Å². The Morgan fingerprint density at radius 2 is 1.95 bits per heavy atom. The molecule has 2 rings (SSSR count). The summed E-state index contributed by atoms with van der Waals surface area (Å²) in [6.45, 7) is 2.38. The second-order valence-corrected chi connectivity index (χ2v) is 4.79. The SMILES string of the molecule is CNC(C)c1ccc(OCc2ccc(F)c(C#N)c2)cc1. The van der Waals surface area contributed by atoms with Crippen LogP contribution >= 0.6 is 0 Å². The summed E-state index contributed by atoms with van der Waals surface area (Å²) in [6, 6.07) is 14.3. The fourth-order valence-electron chi connectivity index (χ4n) is 1.93. The van der Waals surface area contributed by atoms with Crippen LogP contribution in [0.15, 0.2) is 42.5 Å². The third-order valence-electron chi connectivity index (χ3n) is 3.37. The quantitative estimate of drug-likeness (QED) is 0.913. The van der Waals surface area contributed by atoms with Gasteiger partial charge in [0.2, 0.25) is 0 Å². The average Bonchev–Trinajstić information content (AvgIpc) is 2.53. The maximum absolute atomic E-state index is 13.2. The summed E-state index contributed by atoms with van der Waals surface area (Å²) >= 11 is 0. The largest absolute Gasteiger partial charge is 0.489 e. The van der Waals surface area contributed by atoms with Gasteiger partial charge in [0.05, 0.1) is 5.56 Å². The molecule has 1 unspecified atom stereocenters. The van der Waals surface area contributed by atoms with E-state index in [2.05, 4.69) is 12.2 Å². The van der Waals surface area contributed by atoms with Crippen molar-refractivity contribution in [2.75, 3.05) is 7.05 Å². The Labute approximate surface area is 124 Å². The van der Waals surface area contributed by atoms with Crippen molar-refractivity contribution in [3.05, 3.63) is 65.0 Å². The molecule has 21 heavy (non-hydrogen) atoms. The van der Waals surface area contributed by atoms with Crippen molar-refractivity contribution in [1.82, 2.24) is 5.32 Å². The number of nitrogens with one attached hydrogen (secondary N) is 1. The van der Waals surface area contributed by atoms with Gasteiger partial charge in [-0.05, 0) is 49.4 Å². The van der Waals surface area contributed by atoms with Gasteiger partial charge in [-0.2, -0.15) is 5.26 Å². The first-order chi connectivity index (χ1) is 10.1. The summed E-state index contributed by atoms with van der Waals surface area (Å²) in [5, 5.41) is 12.0. The van der Waals surface area contributed by atoms with Crippen molar-refractivity contribution < 1.29 is 9.13 Å². The fraction of sp³-hybridized carbons (Fsp3) is 0.235. The molecule has 1 atom stereocenters. The molecule has 3 nitrogen and oxygen atoms in total. The lowest BCUT2D eigenvalue weighted by molar-refractivity contribution is 0.306. The zero-order chi connectivity index (χ0) is 15.2. The molecule has 0 amide bonds. The third kappa shape index (κ3) is 3.80. The summed E-state index contributed by atoms with van der Waals surface area (Å²) < 4.78 is 18.9. The molecule has 2 aromatic carbocycles. The van der Waals surface area contributed by atoms with Gasteiger partial charge in [0.15, 0.2) is 0 Å². The fourth-order valence-corrected chi connectivity index (χ4v) is 1.93. The van der Waals surface area contributed by atoms with Crippen molar-refractivity contribution in [2.45, 2.75) is 19.6 Å². The van der Waals surface area contributed by atoms with Crippen LogP contribution in [0.25, 0.3) is 0 Å². The first-order valence-electron chi connectivity index (χ1n) is 6.72. The maximum atomic E-state index is 13.2. The topological polar surface area (TPSA) is 45.0 Å². The zero-order valence-electron chi connectivity index (χ0n) is 12.1. The number of nitrogens with zero attached hydrogens (tertiary/aromatic N) is 1. The van der Waals surface area contributed by atoms with Crippen LogP contribution in [0.1, 0.15) is 29.7 Å². The summed E-state index contributed by atoms with van der Waals surface area (Å²) in [6.07, 6.45) is 0. The van der Waals surface area contributed by atoms with Crippen molar-refractivity contribution in [1.29, 1.82) is 5.26 Å². The van der Waals surface area contributed by atoms with Crippen LogP contribution in [0, 0.1) is 17.1 Å². The van der Waals surface area contributed by atoms with Crippen LogP contribution in [0.5, 0.6) is 5.75 Å². The van der Waals surface area contributed by atoms with Gasteiger partial charge in [0, 0.05) is 6.04 Å². The molecular formula is C17H17FN2O. The Balaban J connectivity index is 2.02. The van der Waals surface area contributed by atoms with Gasteiger partial charge in [0.25, 0.3) is 0 Å². The summed E-state index contributed by atoms with van der Waals surface area (Å²) in [4.78, 5) is 0. The lowest BCUT2D eigenvalue weighted by Crippen LogP contribution is -2.11. The Hall–Kier alpha value is -2.38. The van der Waals surface area contributed by atoms with E-state index >= 15 is 0 Å². The van der Waals surface area contributed by atoms with E-state index in [-0.39, 0.29) is 11.6 Å². The van der Waals surface area contributed by atoms with Gasteiger partial charge in [-0.1, -0.05) is 18.2 Å². The standard InChI is InChI=1S/C17H17FN2O/c1-12(20-2)14-4-6-16(7-5-14)21-11-13-3-8-17(18)15(9-13)10-19/h3-9,12,20H,11H2,1-2H3. The van der Waals surface area contributed by atoms with Crippen molar-refractivity contribution >= 4 is 0 Å². The Morgan fingerprint density at radius 3 is 2.57 bits per heavy atom. The highest BCUT2D eigenvalue weighted by molar-refractivity contribution is 5.35. The highest BCUT2D eigenvalue weighted by Crippen LogP contribution is 2.19. The molecule has 0 heterocycles. The molecule has 0 aromatic heterocycles. The van der Waals surface area contributed by atoms with Gasteiger partial charge in [-0.25, -0.2) is 4.39 Å². The van der Waals surface area contributed by atoms with Gasteiger partial charge in [0.1, 0.15) is 24.2 Å². The van der Waals surface area contributed by atoms with Crippen molar-refractivity contribution in [2.24, 2.45) is 0 Å². The van der Waals surface area contributed by atoms with E-state index in [9.17, 15) is 4.39 Å². The normalized spacial score (nSPS) is 11.7. The van der Waals surface area contributed by atoms with Crippen molar-refractivity contribution in [3.8, 4) is 11.8 Å². The molecule has 108 valence electrons. The maximum Gasteiger partial charge on any atom is 0.140 e. The Bertz CT molecular complexity index is 647. The molecule has 0 aliphatic heterocycles. The first-order valence-corrected chi connectivity index (χ1v) is 6.72. The number of hydrogen-bond acceptors (Lipinski definition) is 3. The molecule has 0 fully saturated rings. The number of nitriles is 1. The number of benzene rings is 2. The lowest BCUT2D eigenvalue weighted by atomic mass is 10.1. The second-order valence-electron chi connectivity index (χ2n) is 4.79. The molecule has 1 N–H and O–H groups in total. The summed E-state index contributed by atoms with van der Waals surface area (Å²) in [5.41, 5.74) is 1.98. The van der Waals surface area contributed by atoms with E-state index in [0.717, 1.165) is 11.3 Å². The minimum Gasteiger partial charge on any atom is -0.489 e. The minimum atomic E-state index is -0.508. The van der Waals surface area contributed by atoms with Crippen LogP contribution in [0.2, 0.25) is 0 Å². The van der Waals surface area contributed by atoms with E-state index in [1.165, 1.54) is 17.7 Å². The molecule has 0 aliphatic rings. The van der Waals surface area contributed by atoms with E-state index in [1.807, 2.05) is 37.4 Å². The van der Waals surface area contributed by atoms with Gasteiger partial charge in [-0.3, -0.25) is 0 Å². The predicted octanol–water partition coefficient (Wildman–Crippen LogP) is 3.56. The van der Waals surface area contributed by atoms with E-state index in [1.54, 1.807) is 6.07 Å². The average molecular weight is 284 g/mol. The first kappa shape index (κ1) is 15.0. The van der Waals surface area contributed by atoms with Crippen LogP contribution in [-0.4, -0.2) is 7.05 Å². The summed E-state index contributed by atoms with van der Waals surface area (Å²) in [5.74, 6) is 0.233. The smallest absolute Gasteiger partial charge is 0.140 e. The van der Waals surface area contributed by atoms with Crippen LogP contribution in [0.3, 0.4) is 0 Å². The van der Waals surface area contributed by atoms with E-state index < -0.39 is 5.82 Å². The Kier molecular flexibility index (Phi) is 4.91. The molecule has 0 radical (unpaired) electrons. The Morgan fingerprint density at radius 1 is 1.24 bits per heavy atom. The molecule has 0 saturated carbocycles. The lowest BCUT2D eigenvalue weighted by Gasteiger charge is -2.12. The monoisotopic (exact) mass is 284 g/mol. The molecule has 4 heteroatoms. The second kappa shape index (κ2) is 6.87. The van der Waals surface area contributed by atoms with Crippen LogP contribution in [0.4, 0.5) is 4.39 Å². The molecule has 0 spiro atoms. The number of halogens is 1. The summed E-state index contributed by atoms with van der Waals surface area (Å²) in [7, 11) is 1.91. The number of rotatable bonds is 5. The highest BCUT2D eigenvalue weighted by Gasteiger charge is 2.05. The van der Waals surface area contributed by atoms with Gasteiger partial charge >= 0.3 is 0 Å². The van der Waals surface area contributed by atoms with E-state index in [0.29, 0.717) is 6.61 Å². The zero-order valence-corrected chi connectivity index (χ0v) is 12.1. The molecule has 0 saturated heterocycles. The van der Waals surface area contributed by atoms with Crippen LogP contribution < -0.4 is 10.1 Å². The van der Waals surface area contributed by atoms with Gasteiger partial charge in [-0.15, -0.1) is 0 Å². The molecular weight excluding hydrogens is 267 g/mol. The molecule has 2 aromatic rings. The predicted molar refractivity (Wildman–Crippen MR) is 79.4 cm³/mol. The highest BCUT2D eigenvalue weighted by atomic mass is 19.1. The molecule has 0 aliphatic carbocycles. The molecule has 0 bridgehead atoms. The minimum absolute atomic E-state index is 0.0364. The number of ether oxygens (including phenoxy) is 1. The third-order valence-corrected chi connectivity index (χ3v) is 3.37. The van der Waals surface area contributed by atoms with Gasteiger partial charge < -0.3 is 10.1 Å². The number of hydrogen-bond donors (Lipinski definition) is 1. The van der Waals surface area contributed by atoms with Crippen molar-refractivity contribution in [3.63, 3.8) is 0 Å². The van der Waals surface area contributed by atoms with Crippen LogP contribution in [-0.2, 0) is 6.61 Å².